The summed E-state index contributed by atoms with van der Waals surface area (Å²) in [6.07, 6.45) is 1.84. The molecular formula is C14H12N2S2. The molecule has 0 aliphatic heterocycles. The molecule has 0 fully saturated rings. The summed E-state index contributed by atoms with van der Waals surface area (Å²) in [6, 6.07) is 12.6. The summed E-state index contributed by atoms with van der Waals surface area (Å²) in [5.41, 5.74) is 9.54. The first-order chi connectivity index (χ1) is 8.74. The fourth-order valence-electron chi connectivity index (χ4n) is 1.90. The lowest BCUT2D eigenvalue weighted by Gasteiger charge is -2.05. The van der Waals surface area contributed by atoms with Gasteiger partial charge in [-0.25, -0.2) is 4.37 Å². The van der Waals surface area contributed by atoms with Crippen LogP contribution in [0.2, 0.25) is 0 Å². The van der Waals surface area contributed by atoms with Crippen LogP contribution in [0, 0.1) is 6.92 Å². The van der Waals surface area contributed by atoms with Crippen molar-refractivity contribution in [1.29, 1.82) is 0 Å². The Kier molecular flexibility index (Phi) is 2.89. The maximum atomic E-state index is 5.81. The molecule has 0 saturated heterocycles. The van der Waals surface area contributed by atoms with Crippen molar-refractivity contribution in [1.82, 2.24) is 4.37 Å². The van der Waals surface area contributed by atoms with Gasteiger partial charge in [-0.1, -0.05) is 12.1 Å². The second-order valence-electron chi connectivity index (χ2n) is 4.11. The lowest BCUT2D eigenvalue weighted by Crippen LogP contribution is -1.82. The topological polar surface area (TPSA) is 38.9 Å². The Labute approximate surface area is 114 Å². The summed E-state index contributed by atoms with van der Waals surface area (Å²) in [4.78, 5) is 2.41. The SMILES string of the molecule is Cc1ccc(-c2ccns2)cc1-c1ccc(N)s1. The van der Waals surface area contributed by atoms with Crippen LogP contribution in [0.3, 0.4) is 0 Å². The van der Waals surface area contributed by atoms with E-state index in [1.807, 2.05) is 18.3 Å². The molecule has 0 spiro atoms. The third-order valence-electron chi connectivity index (χ3n) is 2.85. The van der Waals surface area contributed by atoms with Crippen molar-refractivity contribution < 1.29 is 0 Å². The number of aromatic nitrogens is 1. The van der Waals surface area contributed by atoms with E-state index in [2.05, 4.69) is 35.6 Å². The van der Waals surface area contributed by atoms with Crippen LogP contribution in [0.5, 0.6) is 0 Å². The number of anilines is 1. The van der Waals surface area contributed by atoms with Gasteiger partial charge in [-0.05, 0) is 59.4 Å². The summed E-state index contributed by atoms with van der Waals surface area (Å²) in [5, 5.41) is 0.854. The van der Waals surface area contributed by atoms with Gasteiger partial charge >= 0.3 is 0 Å². The van der Waals surface area contributed by atoms with Crippen molar-refractivity contribution >= 4 is 27.9 Å². The van der Waals surface area contributed by atoms with Gasteiger partial charge in [0.15, 0.2) is 0 Å². The van der Waals surface area contributed by atoms with Gasteiger partial charge in [0.05, 0.1) is 9.88 Å². The van der Waals surface area contributed by atoms with Gasteiger partial charge in [0, 0.05) is 11.1 Å². The van der Waals surface area contributed by atoms with Crippen molar-refractivity contribution in [2.45, 2.75) is 6.92 Å². The Bertz CT molecular complexity index is 669. The molecule has 0 atom stereocenters. The van der Waals surface area contributed by atoms with Crippen molar-refractivity contribution in [2.24, 2.45) is 0 Å². The van der Waals surface area contributed by atoms with Gasteiger partial charge in [0.1, 0.15) is 0 Å². The number of benzene rings is 1. The van der Waals surface area contributed by atoms with Crippen molar-refractivity contribution in [3.8, 4) is 20.9 Å². The molecule has 2 heterocycles. The van der Waals surface area contributed by atoms with Crippen LogP contribution in [0.25, 0.3) is 20.9 Å². The molecule has 0 radical (unpaired) electrons. The van der Waals surface area contributed by atoms with E-state index in [9.17, 15) is 0 Å². The smallest absolute Gasteiger partial charge is 0.0862 e. The minimum atomic E-state index is 0.854. The third-order valence-corrected chi connectivity index (χ3v) is 4.60. The number of nitrogens with two attached hydrogens (primary N) is 1. The van der Waals surface area contributed by atoms with Gasteiger partial charge in [-0.3, -0.25) is 0 Å². The first-order valence-corrected chi connectivity index (χ1v) is 7.20. The Balaban J connectivity index is 2.12. The highest BCUT2D eigenvalue weighted by Crippen LogP contribution is 2.35. The monoisotopic (exact) mass is 272 g/mol. The molecular weight excluding hydrogens is 260 g/mol. The minimum absolute atomic E-state index is 0.854. The highest BCUT2D eigenvalue weighted by atomic mass is 32.1. The zero-order valence-corrected chi connectivity index (χ0v) is 11.5. The average Bonchev–Trinajstić information content (AvgIpc) is 3.01. The average molecular weight is 272 g/mol. The molecule has 1 aromatic carbocycles. The van der Waals surface area contributed by atoms with Crippen LogP contribution in [0.4, 0.5) is 5.00 Å². The molecule has 3 rings (SSSR count). The Hall–Kier alpha value is -1.65. The maximum Gasteiger partial charge on any atom is 0.0862 e. The molecule has 90 valence electrons. The summed E-state index contributed by atoms with van der Waals surface area (Å²) in [6.45, 7) is 2.13. The van der Waals surface area contributed by atoms with Crippen LogP contribution in [-0.4, -0.2) is 4.37 Å². The zero-order chi connectivity index (χ0) is 12.5. The molecule has 0 unspecified atom stereocenters. The molecule has 4 heteroatoms. The van der Waals surface area contributed by atoms with E-state index in [0.29, 0.717) is 0 Å². The molecule has 0 aliphatic rings. The number of nitrogen functional groups attached to an aromatic ring is 1. The van der Waals surface area contributed by atoms with Crippen molar-refractivity contribution in [2.75, 3.05) is 5.73 Å². The normalized spacial score (nSPS) is 10.7. The first kappa shape index (κ1) is 11.4. The maximum absolute atomic E-state index is 5.81. The molecule has 2 N–H and O–H groups in total. The first-order valence-electron chi connectivity index (χ1n) is 5.61. The molecule has 18 heavy (non-hydrogen) atoms. The number of hydrogen-bond acceptors (Lipinski definition) is 4. The summed E-state index contributed by atoms with van der Waals surface area (Å²) in [7, 11) is 0. The van der Waals surface area contributed by atoms with Crippen LogP contribution in [0.1, 0.15) is 5.56 Å². The number of aryl methyl sites for hydroxylation is 1. The quantitative estimate of drug-likeness (QED) is 0.749. The second kappa shape index (κ2) is 4.55. The molecule has 0 aliphatic carbocycles. The van der Waals surface area contributed by atoms with Gasteiger partial charge in [0.25, 0.3) is 0 Å². The number of rotatable bonds is 2. The van der Waals surface area contributed by atoms with Crippen LogP contribution < -0.4 is 5.73 Å². The van der Waals surface area contributed by atoms with Crippen molar-refractivity contribution in [3.05, 3.63) is 48.2 Å². The number of thiophene rings is 1. The van der Waals surface area contributed by atoms with E-state index in [4.69, 9.17) is 5.73 Å². The molecule has 2 aromatic heterocycles. The summed E-state index contributed by atoms with van der Waals surface area (Å²) in [5.74, 6) is 0. The standard InChI is InChI=1S/C14H12N2S2/c1-9-2-3-10(12-6-7-16-18-12)8-11(9)13-4-5-14(15)17-13/h2-8H,15H2,1H3. The minimum Gasteiger partial charge on any atom is -0.391 e. The second-order valence-corrected chi connectivity index (χ2v) is 6.06. The van der Waals surface area contributed by atoms with E-state index in [-0.39, 0.29) is 0 Å². The highest BCUT2D eigenvalue weighted by molar-refractivity contribution is 7.19. The largest absolute Gasteiger partial charge is 0.391 e. The summed E-state index contributed by atoms with van der Waals surface area (Å²) < 4.78 is 4.15. The van der Waals surface area contributed by atoms with Gasteiger partial charge in [0.2, 0.25) is 0 Å². The number of hydrogen-bond donors (Lipinski definition) is 1. The number of nitrogens with zero attached hydrogens (tertiary/aromatic N) is 1. The van der Waals surface area contributed by atoms with E-state index < -0.39 is 0 Å². The van der Waals surface area contributed by atoms with Crippen LogP contribution in [0.15, 0.2) is 42.6 Å². The fraction of sp³-hybridized carbons (Fsp3) is 0.0714. The lowest BCUT2D eigenvalue weighted by molar-refractivity contribution is 1.48. The predicted molar refractivity (Wildman–Crippen MR) is 80.0 cm³/mol. The molecule has 0 amide bonds. The van der Waals surface area contributed by atoms with E-state index in [1.165, 1.54) is 38.0 Å². The van der Waals surface area contributed by atoms with E-state index >= 15 is 0 Å². The summed E-state index contributed by atoms with van der Waals surface area (Å²) >= 11 is 3.15. The zero-order valence-electron chi connectivity index (χ0n) is 9.88. The van der Waals surface area contributed by atoms with Crippen molar-refractivity contribution in [3.63, 3.8) is 0 Å². The van der Waals surface area contributed by atoms with E-state index in [1.54, 1.807) is 11.3 Å². The van der Waals surface area contributed by atoms with Gasteiger partial charge in [-0.15, -0.1) is 11.3 Å². The van der Waals surface area contributed by atoms with Crippen LogP contribution >= 0.6 is 22.9 Å². The Morgan fingerprint density at radius 3 is 2.61 bits per heavy atom. The molecule has 2 nitrogen and oxygen atoms in total. The molecule has 3 aromatic rings. The Morgan fingerprint density at radius 1 is 1.06 bits per heavy atom. The lowest BCUT2D eigenvalue weighted by atomic mass is 10.0. The third kappa shape index (κ3) is 2.05. The van der Waals surface area contributed by atoms with E-state index in [0.717, 1.165) is 5.00 Å². The van der Waals surface area contributed by atoms with Gasteiger partial charge in [-0.2, -0.15) is 0 Å². The predicted octanol–water partition coefficient (Wildman–Crippen LogP) is 4.43. The molecule has 0 bridgehead atoms. The highest BCUT2D eigenvalue weighted by Gasteiger charge is 2.07. The molecule has 0 saturated carbocycles. The van der Waals surface area contributed by atoms with Gasteiger partial charge < -0.3 is 5.73 Å². The van der Waals surface area contributed by atoms with Crippen LogP contribution in [-0.2, 0) is 0 Å². The Morgan fingerprint density at radius 2 is 1.94 bits per heavy atom. The fourth-order valence-corrected chi connectivity index (χ4v) is 3.35.